The van der Waals surface area contributed by atoms with Crippen molar-refractivity contribution >= 4 is 10.9 Å². The smallest absolute Gasteiger partial charge is 0.120 e. The summed E-state index contributed by atoms with van der Waals surface area (Å²) >= 11 is 0. The average Bonchev–Trinajstić information content (AvgIpc) is 2.66. The second kappa shape index (κ2) is 4.08. The van der Waals surface area contributed by atoms with Gasteiger partial charge in [0.2, 0.25) is 0 Å². The van der Waals surface area contributed by atoms with E-state index in [-0.39, 0.29) is 0 Å². The van der Waals surface area contributed by atoms with Crippen molar-refractivity contribution in [1.29, 1.82) is 0 Å². The Hall–Kier alpha value is -1.48. The zero-order valence-corrected chi connectivity index (χ0v) is 10.3. The van der Waals surface area contributed by atoms with Crippen LogP contribution in [-0.4, -0.2) is 17.6 Å². The van der Waals surface area contributed by atoms with Crippen molar-refractivity contribution < 1.29 is 4.74 Å². The first kappa shape index (κ1) is 10.7. The van der Waals surface area contributed by atoms with E-state index in [4.69, 9.17) is 4.74 Å². The van der Waals surface area contributed by atoms with Crippen molar-refractivity contribution in [3.05, 3.63) is 29.5 Å². The first-order chi connectivity index (χ1) is 8.28. The maximum atomic E-state index is 5.56. The van der Waals surface area contributed by atoms with E-state index < -0.39 is 0 Å². The van der Waals surface area contributed by atoms with Crippen molar-refractivity contribution in [2.24, 2.45) is 0 Å². The van der Waals surface area contributed by atoms with Gasteiger partial charge in [0.25, 0.3) is 0 Å². The standard InChI is InChI=1S/C14H18N2O/c1-3-17-10-4-5-13-11(7-10)12-8-15-9(2)6-14(12)16-13/h4-5,7,9,15-16H,3,6,8H2,1-2H3. The average molecular weight is 230 g/mol. The molecule has 3 heteroatoms. The van der Waals surface area contributed by atoms with Gasteiger partial charge in [0.05, 0.1) is 6.61 Å². The number of hydrogen-bond acceptors (Lipinski definition) is 2. The van der Waals surface area contributed by atoms with Crippen molar-refractivity contribution in [2.45, 2.75) is 32.9 Å². The Labute approximate surface area is 101 Å². The molecular formula is C14H18N2O. The number of aromatic amines is 1. The van der Waals surface area contributed by atoms with Crippen LogP contribution in [0.3, 0.4) is 0 Å². The summed E-state index contributed by atoms with van der Waals surface area (Å²) in [7, 11) is 0. The molecule has 1 atom stereocenters. The van der Waals surface area contributed by atoms with Gasteiger partial charge in [-0.1, -0.05) is 0 Å². The normalized spacial score (nSPS) is 19.3. The second-order valence-corrected chi connectivity index (χ2v) is 4.71. The summed E-state index contributed by atoms with van der Waals surface area (Å²) in [5.41, 5.74) is 3.99. The molecular weight excluding hydrogens is 212 g/mol. The van der Waals surface area contributed by atoms with Gasteiger partial charge < -0.3 is 15.0 Å². The molecule has 3 rings (SSSR count). The number of ether oxygens (including phenoxy) is 1. The van der Waals surface area contributed by atoms with Crippen LogP contribution >= 0.6 is 0 Å². The Kier molecular flexibility index (Phi) is 2.56. The van der Waals surface area contributed by atoms with E-state index in [1.807, 2.05) is 13.0 Å². The molecule has 0 saturated heterocycles. The molecule has 1 aliphatic heterocycles. The Bertz CT molecular complexity index is 544. The minimum Gasteiger partial charge on any atom is -0.494 e. The van der Waals surface area contributed by atoms with Gasteiger partial charge in [-0.2, -0.15) is 0 Å². The summed E-state index contributed by atoms with van der Waals surface area (Å²) in [6.07, 6.45) is 1.08. The molecule has 0 aliphatic carbocycles. The minimum absolute atomic E-state index is 0.557. The summed E-state index contributed by atoms with van der Waals surface area (Å²) in [6, 6.07) is 6.85. The Morgan fingerprint density at radius 1 is 1.41 bits per heavy atom. The van der Waals surface area contributed by atoms with Crippen LogP contribution in [0, 0.1) is 0 Å². The molecule has 0 saturated carbocycles. The fraction of sp³-hybridized carbons (Fsp3) is 0.429. The molecule has 0 radical (unpaired) electrons. The zero-order chi connectivity index (χ0) is 11.8. The summed E-state index contributed by atoms with van der Waals surface area (Å²) in [5.74, 6) is 0.959. The van der Waals surface area contributed by atoms with E-state index in [1.165, 1.54) is 22.2 Å². The van der Waals surface area contributed by atoms with E-state index in [2.05, 4.69) is 29.4 Å². The molecule has 0 fully saturated rings. The van der Waals surface area contributed by atoms with Crippen LogP contribution in [0.4, 0.5) is 0 Å². The van der Waals surface area contributed by atoms with Crippen LogP contribution in [0.2, 0.25) is 0 Å². The Morgan fingerprint density at radius 2 is 2.29 bits per heavy atom. The lowest BCUT2D eigenvalue weighted by atomic mass is 10.0. The number of nitrogens with one attached hydrogen (secondary N) is 2. The fourth-order valence-corrected chi connectivity index (χ4v) is 2.57. The largest absolute Gasteiger partial charge is 0.494 e. The van der Waals surface area contributed by atoms with Crippen molar-refractivity contribution in [3.8, 4) is 5.75 Å². The van der Waals surface area contributed by atoms with Crippen molar-refractivity contribution in [1.82, 2.24) is 10.3 Å². The third-order valence-corrected chi connectivity index (χ3v) is 3.41. The predicted octanol–water partition coefficient (Wildman–Crippen LogP) is 2.60. The van der Waals surface area contributed by atoms with Gasteiger partial charge in [-0.15, -0.1) is 0 Å². The highest BCUT2D eigenvalue weighted by Crippen LogP contribution is 2.29. The number of H-pyrrole nitrogens is 1. The lowest BCUT2D eigenvalue weighted by molar-refractivity contribution is 0.340. The van der Waals surface area contributed by atoms with Crippen LogP contribution in [0.1, 0.15) is 25.1 Å². The Morgan fingerprint density at radius 3 is 3.12 bits per heavy atom. The van der Waals surface area contributed by atoms with Crippen molar-refractivity contribution in [2.75, 3.05) is 6.61 Å². The molecule has 3 nitrogen and oxygen atoms in total. The fourth-order valence-electron chi connectivity index (χ4n) is 2.57. The Balaban J connectivity index is 2.09. The zero-order valence-electron chi connectivity index (χ0n) is 10.3. The molecule has 2 N–H and O–H groups in total. The summed E-state index contributed by atoms with van der Waals surface area (Å²) in [4.78, 5) is 3.52. The molecule has 1 unspecified atom stereocenters. The second-order valence-electron chi connectivity index (χ2n) is 4.71. The number of hydrogen-bond donors (Lipinski definition) is 2. The highest BCUT2D eigenvalue weighted by molar-refractivity contribution is 5.86. The number of aromatic nitrogens is 1. The minimum atomic E-state index is 0.557. The molecule has 1 aromatic heterocycles. The van der Waals surface area contributed by atoms with Gasteiger partial charge in [0.15, 0.2) is 0 Å². The summed E-state index contributed by atoms with van der Waals surface area (Å²) in [6.45, 7) is 5.90. The first-order valence-electron chi connectivity index (χ1n) is 6.27. The van der Waals surface area contributed by atoms with Crippen LogP contribution in [-0.2, 0) is 13.0 Å². The van der Waals surface area contributed by atoms with Crippen LogP contribution in [0.5, 0.6) is 5.75 Å². The van der Waals surface area contributed by atoms with E-state index in [1.54, 1.807) is 0 Å². The van der Waals surface area contributed by atoms with Crippen LogP contribution in [0.25, 0.3) is 10.9 Å². The molecule has 2 aromatic rings. The highest BCUT2D eigenvalue weighted by atomic mass is 16.5. The predicted molar refractivity (Wildman–Crippen MR) is 69.5 cm³/mol. The monoisotopic (exact) mass is 230 g/mol. The van der Waals surface area contributed by atoms with E-state index in [9.17, 15) is 0 Å². The van der Waals surface area contributed by atoms with Crippen LogP contribution in [0.15, 0.2) is 18.2 Å². The van der Waals surface area contributed by atoms with E-state index in [0.29, 0.717) is 12.6 Å². The van der Waals surface area contributed by atoms with Gasteiger partial charge in [-0.3, -0.25) is 0 Å². The molecule has 90 valence electrons. The molecule has 2 heterocycles. The quantitative estimate of drug-likeness (QED) is 0.832. The van der Waals surface area contributed by atoms with Gasteiger partial charge >= 0.3 is 0 Å². The third-order valence-electron chi connectivity index (χ3n) is 3.41. The SMILES string of the molecule is CCOc1ccc2[nH]c3c(c2c1)CNC(C)C3. The molecule has 0 spiro atoms. The molecule has 0 amide bonds. The molecule has 0 bridgehead atoms. The summed E-state index contributed by atoms with van der Waals surface area (Å²) < 4.78 is 5.56. The molecule has 17 heavy (non-hydrogen) atoms. The molecule has 1 aromatic carbocycles. The van der Waals surface area contributed by atoms with Crippen LogP contribution < -0.4 is 10.1 Å². The maximum absolute atomic E-state index is 5.56. The van der Waals surface area contributed by atoms with E-state index in [0.717, 1.165) is 18.7 Å². The highest BCUT2D eigenvalue weighted by Gasteiger charge is 2.19. The van der Waals surface area contributed by atoms with E-state index >= 15 is 0 Å². The number of benzene rings is 1. The molecule has 1 aliphatic rings. The summed E-state index contributed by atoms with van der Waals surface area (Å²) in [5, 5.41) is 4.80. The van der Waals surface area contributed by atoms with Gasteiger partial charge in [-0.25, -0.2) is 0 Å². The number of fused-ring (bicyclic) bond motifs is 3. The van der Waals surface area contributed by atoms with Gasteiger partial charge in [0.1, 0.15) is 5.75 Å². The lowest BCUT2D eigenvalue weighted by Crippen LogP contribution is -2.32. The number of rotatable bonds is 2. The van der Waals surface area contributed by atoms with Gasteiger partial charge in [-0.05, 0) is 37.6 Å². The maximum Gasteiger partial charge on any atom is 0.120 e. The first-order valence-corrected chi connectivity index (χ1v) is 6.27. The van der Waals surface area contributed by atoms with Crippen molar-refractivity contribution in [3.63, 3.8) is 0 Å². The topological polar surface area (TPSA) is 37.0 Å². The lowest BCUT2D eigenvalue weighted by Gasteiger charge is -2.20. The van der Waals surface area contributed by atoms with Gasteiger partial charge in [0, 0.05) is 35.6 Å². The third kappa shape index (κ3) is 1.80.